The van der Waals surface area contributed by atoms with E-state index < -0.39 is 24.1 Å². The Morgan fingerprint density at radius 2 is 1.36 bits per heavy atom. The number of benzene rings is 3. The lowest BCUT2D eigenvalue weighted by Gasteiger charge is -2.46. The van der Waals surface area contributed by atoms with Crippen molar-refractivity contribution in [1.29, 1.82) is 0 Å². The number of carbonyl (C=O) groups excluding carboxylic acids is 2. The molecule has 4 atom stereocenters. The Morgan fingerprint density at radius 3 is 2.00 bits per heavy atom. The molecule has 2 aliphatic rings. The second-order valence-corrected chi connectivity index (χ2v) is 8.29. The van der Waals surface area contributed by atoms with Gasteiger partial charge in [0.15, 0.2) is 0 Å². The van der Waals surface area contributed by atoms with Crippen molar-refractivity contribution in [2.45, 2.75) is 18.2 Å². The van der Waals surface area contributed by atoms with Gasteiger partial charge in [-0.1, -0.05) is 78.9 Å². The molecule has 3 aromatic rings. The van der Waals surface area contributed by atoms with Crippen LogP contribution in [0.4, 0.5) is 11.4 Å². The average Bonchev–Trinajstić information content (AvgIpc) is 3.14. The lowest BCUT2D eigenvalue weighted by atomic mass is 9.90. The highest BCUT2D eigenvalue weighted by atomic mass is 16.3. The molecular weight excluding hydrogens is 414 g/mol. The quantitative estimate of drug-likeness (QED) is 0.486. The number of hydrogen-bond donors (Lipinski definition) is 1. The SMILES string of the molecule is CN(c1ccccc1)N1[C@@H]([C@H](O)c2ccccc2)C=C[C@H]2C(=O)N(c3ccccc3)C(=O)[C@H]21. The zero-order valence-corrected chi connectivity index (χ0v) is 18.2. The van der Waals surface area contributed by atoms with E-state index in [0.717, 1.165) is 11.3 Å². The van der Waals surface area contributed by atoms with E-state index in [2.05, 4.69) is 0 Å². The van der Waals surface area contributed by atoms with E-state index in [4.69, 9.17) is 0 Å². The van der Waals surface area contributed by atoms with E-state index in [1.165, 1.54) is 4.90 Å². The summed E-state index contributed by atoms with van der Waals surface area (Å²) in [5.74, 6) is -1.19. The molecule has 0 aliphatic carbocycles. The molecule has 5 rings (SSSR count). The number of hydrazine groups is 1. The number of amides is 2. The molecule has 0 radical (unpaired) electrons. The Balaban J connectivity index is 1.59. The van der Waals surface area contributed by atoms with Gasteiger partial charge in [-0.3, -0.25) is 9.59 Å². The van der Waals surface area contributed by atoms with Crippen molar-refractivity contribution >= 4 is 23.2 Å². The van der Waals surface area contributed by atoms with Gasteiger partial charge in [-0.2, -0.15) is 5.01 Å². The summed E-state index contributed by atoms with van der Waals surface area (Å²) < 4.78 is 0. The van der Waals surface area contributed by atoms with Gasteiger partial charge in [-0.25, -0.2) is 4.90 Å². The van der Waals surface area contributed by atoms with Crippen LogP contribution in [-0.2, 0) is 9.59 Å². The summed E-state index contributed by atoms with van der Waals surface area (Å²) in [4.78, 5) is 28.3. The number of para-hydroxylation sites is 2. The first kappa shape index (κ1) is 21.1. The van der Waals surface area contributed by atoms with Crippen LogP contribution in [0.25, 0.3) is 0 Å². The monoisotopic (exact) mass is 439 g/mol. The zero-order chi connectivity index (χ0) is 22.9. The summed E-state index contributed by atoms with van der Waals surface area (Å²) >= 11 is 0. The fraction of sp³-hybridized carbons (Fsp3) is 0.185. The molecule has 1 saturated heterocycles. The second kappa shape index (κ2) is 8.65. The standard InChI is InChI=1S/C27H25N3O3/c1-28(20-13-7-3-8-14-20)30-23(25(31)19-11-5-2-6-12-19)18-17-22-24(30)27(33)29(26(22)32)21-15-9-4-10-16-21/h2-18,22-25,31H,1H3/t22-,23-,24+,25-/m1/s1. The molecule has 3 aromatic carbocycles. The number of aliphatic hydroxyl groups is 1. The molecule has 0 unspecified atom stereocenters. The normalized spacial score (nSPS) is 23.5. The largest absolute Gasteiger partial charge is 0.386 e. The number of imide groups is 1. The van der Waals surface area contributed by atoms with E-state index in [-0.39, 0.29) is 11.8 Å². The molecule has 1 N–H and O–H groups in total. The lowest BCUT2D eigenvalue weighted by molar-refractivity contribution is -0.124. The van der Waals surface area contributed by atoms with Gasteiger partial charge in [0, 0.05) is 7.05 Å². The average molecular weight is 440 g/mol. The maximum absolute atomic E-state index is 13.7. The van der Waals surface area contributed by atoms with Crippen molar-refractivity contribution in [2.24, 2.45) is 5.92 Å². The summed E-state index contributed by atoms with van der Waals surface area (Å²) in [5.41, 5.74) is 2.15. The van der Waals surface area contributed by atoms with E-state index in [9.17, 15) is 14.7 Å². The summed E-state index contributed by atoms with van der Waals surface area (Å²) in [6, 6.07) is 26.7. The Kier molecular flexibility index (Phi) is 5.54. The van der Waals surface area contributed by atoms with Crippen LogP contribution >= 0.6 is 0 Å². The smallest absolute Gasteiger partial charge is 0.254 e. The molecule has 6 heteroatoms. The first-order chi connectivity index (χ1) is 16.1. The maximum atomic E-state index is 13.7. The summed E-state index contributed by atoms with van der Waals surface area (Å²) in [7, 11) is 1.86. The minimum Gasteiger partial charge on any atom is -0.386 e. The van der Waals surface area contributed by atoms with Gasteiger partial charge in [0.1, 0.15) is 6.04 Å². The highest BCUT2D eigenvalue weighted by Gasteiger charge is 2.55. The van der Waals surface area contributed by atoms with E-state index in [1.54, 1.807) is 18.2 Å². The van der Waals surface area contributed by atoms with Crippen LogP contribution in [0.15, 0.2) is 103 Å². The number of rotatable bonds is 5. The number of nitrogens with zero attached hydrogens (tertiary/aromatic N) is 3. The zero-order valence-electron chi connectivity index (χ0n) is 18.2. The van der Waals surface area contributed by atoms with Gasteiger partial charge < -0.3 is 10.1 Å². The molecule has 0 aromatic heterocycles. The van der Waals surface area contributed by atoms with Gasteiger partial charge in [0.2, 0.25) is 5.91 Å². The molecule has 0 saturated carbocycles. The topological polar surface area (TPSA) is 64.1 Å². The Hall–Kier alpha value is -3.74. The van der Waals surface area contributed by atoms with Crippen LogP contribution in [0.2, 0.25) is 0 Å². The van der Waals surface area contributed by atoms with Crippen molar-refractivity contribution in [1.82, 2.24) is 5.01 Å². The predicted octanol–water partition coefficient (Wildman–Crippen LogP) is 3.57. The van der Waals surface area contributed by atoms with Crippen molar-refractivity contribution in [3.63, 3.8) is 0 Å². The molecule has 0 spiro atoms. The molecule has 6 nitrogen and oxygen atoms in total. The van der Waals surface area contributed by atoms with Crippen molar-refractivity contribution < 1.29 is 14.7 Å². The second-order valence-electron chi connectivity index (χ2n) is 8.29. The van der Waals surface area contributed by atoms with Crippen LogP contribution in [0.1, 0.15) is 11.7 Å². The molecule has 166 valence electrons. The van der Waals surface area contributed by atoms with Crippen LogP contribution in [0.3, 0.4) is 0 Å². The van der Waals surface area contributed by atoms with Crippen molar-refractivity contribution in [2.75, 3.05) is 17.0 Å². The maximum Gasteiger partial charge on any atom is 0.254 e. The molecule has 2 amide bonds. The highest BCUT2D eigenvalue weighted by Crippen LogP contribution is 2.39. The molecule has 0 bridgehead atoms. The van der Waals surface area contributed by atoms with Gasteiger partial charge in [0.05, 0.1) is 29.4 Å². The third kappa shape index (κ3) is 3.63. The summed E-state index contributed by atoms with van der Waals surface area (Å²) in [5, 5.41) is 15.1. The van der Waals surface area contributed by atoms with E-state index in [1.807, 2.05) is 102 Å². The lowest BCUT2D eigenvalue weighted by Crippen LogP contribution is -2.59. The minimum atomic E-state index is -0.886. The Bertz CT molecular complexity index is 1170. The van der Waals surface area contributed by atoms with Gasteiger partial charge >= 0.3 is 0 Å². The number of fused-ring (bicyclic) bond motifs is 1. The van der Waals surface area contributed by atoms with E-state index >= 15 is 0 Å². The van der Waals surface area contributed by atoms with Crippen molar-refractivity contribution in [3.05, 3.63) is 109 Å². The Morgan fingerprint density at radius 1 is 0.788 bits per heavy atom. The van der Waals surface area contributed by atoms with E-state index in [0.29, 0.717) is 5.69 Å². The first-order valence-corrected chi connectivity index (χ1v) is 11.0. The summed E-state index contributed by atoms with van der Waals surface area (Å²) in [6.45, 7) is 0. The molecular formula is C27H25N3O3. The molecule has 33 heavy (non-hydrogen) atoms. The van der Waals surface area contributed by atoms with Gasteiger partial charge in [0.25, 0.3) is 5.91 Å². The van der Waals surface area contributed by atoms with Gasteiger partial charge in [-0.05, 0) is 29.8 Å². The summed E-state index contributed by atoms with van der Waals surface area (Å²) in [6.07, 6.45) is 2.74. The first-order valence-electron chi connectivity index (χ1n) is 11.0. The van der Waals surface area contributed by atoms with Crippen molar-refractivity contribution in [3.8, 4) is 0 Å². The predicted molar refractivity (Wildman–Crippen MR) is 127 cm³/mol. The minimum absolute atomic E-state index is 0.258. The fourth-order valence-electron chi connectivity index (χ4n) is 4.74. The fourth-order valence-corrected chi connectivity index (χ4v) is 4.74. The number of carbonyl (C=O) groups is 2. The molecule has 2 heterocycles. The van der Waals surface area contributed by atoms with Crippen LogP contribution in [0.5, 0.6) is 0 Å². The Labute approximate surface area is 192 Å². The number of aliphatic hydroxyl groups excluding tert-OH is 1. The number of anilines is 2. The van der Waals surface area contributed by atoms with Crippen LogP contribution in [0, 0.1) is 5.92 Å². The highest BCUT2D eigenvalue weighted by molar-refractivity contribution is 6.24. The van der Waals surface area contributed by atoms with Crippen LogP contribution < -0.4 is 9.91 Å². The third-order valence-corrected chi connectivity index (χ3v) is 6.38. The third-order valence-electron chi connectivity index (χ3n) is 6.38. The van der Waals surface area contributed by atoms with Crippen LogP contribution in [-0.4, -0.2) is 41.1 Å². The molecule has 1 fully saturated rings. The number of hydrogen-bond acceptors (Lipinski definition) is 5. The molecule has 2 aliphatic heterocycles. The van der Waals surface area contributed by atoms with Gasteiger partial charge in [-0.15, -0.1) is 0 Å².